The molecule has 1 aromatic heterocycles. The first-order valence-electron chi connectivity index (χ1n) is 5.77. The molecule has 0 fully saturated rings. The highest BCUT2D eigenvalue weighted by atomic mass is 32.2. The molecule has 2 aromatic carbocycles. The van der Waals surface area contributed by atoms with E-state index in [1.54, 1.807) is 0 Å². The molecule has 0 amide bonds. The summed E-state index contributed by atoms with van der Waals surface area (Å²) >= 11 is 1.12. The molecule has 2 N–H and O–H groups in total. The van der Waals surface area contributed by atoms with Crippen LogP contribution in [0.1, 0.15) is 0 Å². The zero-order chi connectivity index (χ0) is 14.1. The Hall–Kier alpha value is -2.21. The molecular weight excluding hydrogens is 280 g/mol. The molecule has 0 radical (unpaired) electrons. The number of nitrogen functional groups attached to an aromatic ring is 1. The maximum Gasteiger partial charge on any atom is 0.150 e. The minimum absolute atomic E-state index is 0.0842. The number of hydrogen-bond donors (Lipinski definition) is 1. The SMILES string of the molecule is Nc1c(F)cc(F)cc1Sc1ncnc2ccccc12. The molecule has 0 bridgehead atoms. The monoisotopic (exact) mass is 289 g/mol. The highest BCUT2D eigenvalue weighted by Gasteiger charge is 2.12. The van der Waals surface area contributed by atoms with Crippen molar-refractivity contribution >= 4 is 28.4 Å². The van der Waals surface area contributed by atoms with Crippen LogP contribution in [0.25, 0.3) is 10.9 Å². The van der Waals surface area contributed by atoms with Crippen LogP contribution in [-0.4, -0.2) is 9.97 Å². The second-order valence-electron chi connectivity index (χ2n) is 4.10. The van der Waals surface area contributed by atoms with Gasteiger partial charge in [-0.25, -0.2) is 18.7 Å². The maximum atomic E-state index is 13.4. The van der Waals surface area contributed by atoms with Crippen molar-refractivity contribution in [3.8, 4) is 0 Å². The van der Waals surface area contributed by atoms with Gasteiger partial charge in [0.05, 0.1) is 11.2 Å². The van der Waals surface area contributed by atoms with E-state index in [0.29, 0.717) is 9.92 Å². The molecule has 0 atom stereocenters. The fraction of sp³-hybridized carbons (Fsp3) is 0. The van der Waals surface area contributed by atoms with Crippen LogP contribution in [0.15, 0.2) is 52.6 Å². The second-order valence-corrected chi connectivity index (χ2v) is 5.13. The zero-order valence-electron chi connectivity index (χ0n) is 10.2. The van der Waals surface area contributed by atoms with Gasteiger partial charge < -0.3 is 5.73 Å². The normalized spacial score (nSPS) is 10.9. The van der Waals surface area contributed by atoms with E-state index >= 15 is 0 Å². The van der Waals surface area contributed by atoms with E-state index in [0.717, 1.165) is 28.7 Å². The van der Waals surface area contributed by atoms with E-state index in [4.69, 9.17) is 5.73 Å². The van der Waals surface area contributed by atoms with Gasteiger partial charge in [-0.2, -0.15) is 0 Å². The van der Waals surface area contributed by atoms with Crippen molar-refractivity contribution in [3.05, 3.63) is 54.4 Å². The summed E-state index contributed by atoms with van der Waals surface area (Å²) in [5.41, 5.74) is 6.32. The van der Waals surface area contributed by atoms with Crippen molar-refractivity contribution in [1.82, 2.24) is 9.97 Å². The van der Waals surface area contributed by atoms with E-state index in [1.165, 1.54) is 12.4 Å². The summed E-state index contributed by atoms with van der Waals surface area (Å²) in [6, 6.07) is 9.36. The van der Waals surface area contributed by atoms with Gasteiger partial charge in [0.2, 0.25) is 0 Å². The molecule has 0 aliphatic heterocycles. The molecule has 0 saturated carbocycles. The lowest BCUT2D eigenvalue weighted by molar-refractivity contribution is 0.581. The van der Waals surface area contributed by atoms with Crippen LogP contribution in [0.5, 0.6) is 0 Å². The number of para-hydroxylation sites is 1. The Balaban J connectivity index is 2.10. The number of benzene rings is 2. The fourth-order valence-corrected chi connectivity index (χ4v) is 2.78. The Bertz CT molecular complexity index is 787. The summed E-state index contributed by atoms with van der Waals surface area (Å²) in [5.74, 6) is -1.44. The van der Waals surface area contributed by atoms with Crippen molar-refractivity contribution in [2.75, 3.05) is 5.73 Å². The molecule has 3 nitrogen and oxygen atoms in total. The topological polar surface area (TPSA) is 51.8 Å². The highest BCUT2D eigenvalue weighted by molar-refractivity contribution is 7.99. The lowest BCUT2D eigenvalue weighted by Gasteiger charge is -2.08. The Morgan fingerprint density at radius 3 is 2.70 bits per heavy atom. The van der Waals surface area contributed by atoms with Gasteiger partial charge in [0, 0.05) is 16.3 Å². The van der Waals surface area contributed by atoms with Crippen LogP contribution < -0.4 is 5.73 Å². The number of rotatable bonds is 2. The molecule has 6 heteroatoms. The third-order valence-corrected chi connectivity index (χ3v) is 3.85. The van der Waals surface area contributed by atoms with Crippen molar-refractivity contribution in [2.24, 2.45) is 0 Å². The lowest BCUT2D eigenvalue weighted by Crippen LogP contribution is -1.96. The third-order valence-electron chi connectivity index (χ3n) is 2.77. The van der Waals surface area contributed by atoms with Gasteiger partial charge in [-0.15, -0.1) is 0 Å². The summed E-state index contributed by atoms with van der Waals surface area (Å²) in [4.78, 5) is 8.59. The molecule has 0 aliphatic rings. The number of hydrogen-bond acceptors (Lipinski definition) is 4. The van der Waals surface area contributed by atoms with Crippen molar-refractivity contribution in [3.63, 3.8) is 0 Å². The van der Waals surface area contributed by atoms with Gasteiger partial charge in [0.25, 0.3) is 0 Å². The lowest BCUT2D eigenvalue weighted by atomic mass is 10.2. The quantitative estimate of drug-likeness (QED) is 0.578. The predicted molar refractivity (Wildman–Crippen MR) is 74.4 cm³/mol. The summed E-state index contributed by atoms with van der Waals surface area (Å²) in [5, 5.41) is 1.41. The van der Waals surface area contributed by atoms with E-state index in [-0.39, 0.29) is 5.69 Å². The van der Waals surface area contributed by atoms with Crippen molar-refractivity contribution in [2.45, 2.75) is 9.92 Å². The number of anilines is 1. The van der Waals surface area contributed by atoms with Crippen LogP contribution >= 0.6 is 11.8 Å². The van der Waals surface area contributed by atoms with Crippen LogP contribution in [0.2, 0.25) is 0 Å². The number of fused-ring (bicyclic) bond motifs is 1. The van der Waals surface area contributed by atoms with Gasteiger partial charge in [0.1, 0.15) is 23.0 Å². The predicted octanol–water partition coefficient (Wildman–Crippen LogP) is 3.64. The molecule has 0 spiro atoms. The van der Waals surface area contributed by atoms with Gasteiger partial charge in [0.15, 0.2) is 0 Å². The maximum absolute atomic E-state index is 13.4. The van der Waals surface area contributed by atoms with Crippen LogP contribution in [0.4, 0.5) is 14.5 Å². The average Bonchev–Trinajstić information content (AvgIpc) is 2.44. The zero-order valence-corrected chi connectivity index (χ0v) is 11.0. The van der Waals surface area contributed by atoms with Crippen molar-refractivity contribution in [1.29, 1.82) is 0 Å². The molecule has 20 heavy (non-hydrogen) atoms. The molecule has 0 unspecified atom stereocenters. The summed E-state index contributed by atoms with van der Waals surface area (Å²) in [6.45, 7) is 0. The van der Waals surface area contributed by atoms with E-state index in [1.807, 2.05) is 24.3 Å². The average molecular weight is 289 g/mol. The number of nitrogens with zero attached hydrogens (tertiary/aromatic N) is 2. The highest BCUT2D eigenvalue weighted by Crippen LogP contribution is 2.35. The molecule has 1 heterocycles. The van der Waals surface area contributed by atoms with E-state index in [2.05, 4.69) is 9.97 Å². The molecule has 100 valence electrons. The third kappa shape index (κ3) is 2.30. The largest absolute Gasteiger partial charge is 0.395 e. The standard InChI is InChI=1S/C14H9F2N3S/c15-8-5-10(16)13(17)12(6-8)20-14-9-3-1-2-4-11(9)18-7-19-14/h1-7H,17H2. The minimum atomic E-state index is -0.772. The first-order valence-corrected chi connectivity index (χ1v) is 6.59. The second kappa shape index (κ2) is 5.05. The smallest absolute Gasteiger partial charge is 0.150 e. The first kappa shape index (κ1) is 12.8. The van der Waals surface area contributed by atoms with Gasteiger partial charge in [-0.3, -0.25) is 0 Å². The molecule has 0 saturated heterocycles. The Kier molecular flexibility index (Phi) is 3.23. The minimum Gasteiger partial charge on any atom is -0.395 e. The van der Waals surface area contributed by atoms with Gasteiger partial charge in [-0.05, 0) is 12.1 Å². The Morgan fingerprint density at radius 2 is 1.85 bits per heavy atom. The summed E-state index contributed by atoms with van der Waals surface area (Å²) < 4.78 is 26.7. The van der Waals surface area contributed by atoms with Crippen LogP contribution in [0.3, 0.4) is 0 Å². The Labute approximate surface area is 117 Å². The molecular formula is C14H9F2N3S. The van der Waals surface area contributed by atoms with Crippen LogP contribution in [-0.2, 0) is 0 Å². The first-order chi connectivity index (χ1) is 9.65. The number of aromatic nitrogens is 2. The Morgan fingerprint density at radius 1 is 1.05 bits per heavy atom. The van der Waals surface area contributed by atoms with Crippen molar-refractivity contribution < 1.29 is 8.78 Å². The summed E-state index contributed by atoms with van der Waals surface area (Å²) in [6.07, 6.45) is 1.41. The molecule has 3 aromatic rings. The molecule has 0 aliphatic carbocycles. The van der Waals surface area contributed by atoms with Crippen LogP contribution in [0, 0.1) is 11.6 Å². The number of halogens is 2. The van der Waals surface area contributed by atoms with Gasteiger partial charge >= 0.3 is 0 Å². The van der Waals surface area contributed by atoms with E-state index in [9.17, 15) is 8.78 Å². The number of nitrogens with two attached hydrogens (primary N) is 1. The molecule has 3 rings (SSSR count). The fourth-order valence-electron chi connectivity index (χ4n) is 1.81. The van der Waals surface area contributed by atoms with Gasteiger partial charge in [-0.1, -0.05) is 30.0 Å². The van der Waals surface area contributed by atoms with E-state index < -0.39 is 11.6 Å². The summed E-state index contributed by atoms with van der Waals surface area (Å²) in [7, 11) is 0.